The first kappa shape index (κ1) is 22.4. The molecule has 0 radical (unpaired) electrons. The van der Waals surface area contributed by atoms with Crippen LogP contribution in [-0.2, 0) is 17.9 Å². The van der Waals surface area contributed by atoms with E-state index in [2.05, 4.69) is 45.0 Å². The Hall–Kier alpha value is -1.63. The van der Waals surface area contributed by atoms with Crippen molar-refractivity contribution >= 4 is 30.7 Å². The molecule has 1 saturated heterocycles. The van der Waals surface area contributed by atoms with Crippen molar-refractivity contribution in [1.29, 1.82) is 0 Å². The Morgan fingerprint density at radius 1 is 1.15 bits per heavy atom. The van der Waals surface area contributed by atoms with Crippen LogP contribution in [0.4, 0.5) is 0 Å². The van der Waals surface area contributed by atoms with Crippen molar-refractivity contribution in [2.24, 2.45) is 5.92 Å². The molecule has 144 valence electrons. The Morgan fingerprint density at radius 2 is 1.85 bits per heavy atom. The van der Waals surface area contributed by atoms with E-state index < -0.39 is 0 Å². The number of rotatable bonds is 7. The molecule has 1 aliphatic heterocycles. The van der Waals surface area contributed by atoms with Gasteiger partial charge in [-0.05, 0) is 49.4 Å². The quantitative estimate of drug-likeness (QED) is 0.750. The zero-order chi connectivity index (χ0) is 16.6. The molecule has 6 nitrogen and oxygen atoms in total. The molecule has 2 N–H and O–H groups in total. The number of halogens is 2. The highest BCUT2D eigenvalue weighted by atomic mass is 35.5. The van der Waals surface area contributed by atoms with Crippen LogP contribution in [0.15, 0.2) is 36.9 Å². The summed E-state index contributed by atoms with van der Waals surface area (Å²) >= 11 is 0. The molecular formula is C18H27Cl2N5O. The fourth-order valence-electron chi connectivity index (χ4n) is 3.06. The van der Waals surface area contributed by atoms with E-state index in [0.29, 0.717) is 25.4 Å². The zero-order valence-electron chi connectivity index (χ0n) is 14.8. The van der Waals surface area contributed by atoms with E-state index in [9.17, 15) is 4.79 Å². The SMILES string of the molecule is Cl.Cl.O=C(CCC1CCNCC1)NCc1ccc(Cn2cncn2)cc1. The van der Waals surface area contributed by atoms with Crippen molar-refractivity contribution in [3.63, 3.8) is 0 Å². The van der Waals surface area contributed by atoms with Crippen molar-refractivity contribution in [1.82, 2.24) is 25.4 Å². The van der Waals surface area contributed by atoms with Gasteiger partial charge in [-0.3, -0.25) is 4.79 Å². The van der Waals surface area contributed by atoms with Gasteiger partial charge < -0.3 is 10.6 Å². The molecule has 2 aromatic rings. The minimum absolute atomic E-state index is 0. The molecule has 0 aliphatic carbocycles. The third-order valence-corrected chi connectivity index (χ3v) is 4.56. The van der Waals surface area contributed by atoms with E-state index in [-0.39, 0.29) is 30.7 Å². The number of benzene rings is 1. The van der Waals surface area contributed by atoms with Gasteiger partial charge in [-0.1, -0.05) is 24.3 Å². The van der Waals surface area contributed by atoms with Crippen molar-refractivity contribution in [3.05, 3.63) is 48.0 Å². The summed E-state index contributed by atoms with van der Waals surface area (Å²) in [6.45, 7) is 3.48. The summed E-state index contributed by atoms with van der Waals surface area (Å²) in [6.07, 6.45) is 7.27. The van der Waals surface area contributed by atoms with Gasteiger partial charge in [0.2, 0.25) is 5.91 Å². The van der Waals surface area contributed by atoms with Crippen LogP contribution in [0.2, 0.25) is 0 Å². The molecular weight excluding hydrogens is 373 g/mol. The Morgan fingerprint density at radius 3 is 2.50 bits per heavy atom. The molecule has 0 spiro atoms. The monoisotopic (exact) mass is 399 g/mol. The number of carbonyl (C=O) groups is 1. The van der Waals surface area contributed by atoms with Gasteiger partial charge in [-0.15, -0.1) is 24.8 Å². The van der Waals surface area contributed by atoms with Crippen LogP contribution in [0.1, 0.15) is 36.8 Å². The van der Waals surface area contributed by atoms with Crippen LogP contribution < -0.4 is 10.6 Å². The summed E-state index contributed by atoms with van der Waals surface area (Å²) in [5.74, 6) is 0.855. The number of nitrogens with one attached hydrogen (secondary N) is 2. The molecule has 0 atom stereocenters. The van der Waals surface area contributed by atoms with Gasteiger partial charge in [0.1, 0.15) is 12.7 Å². The van der Waals surface area contributed by atoms with Gasteiger partial charge in [0, 0.05) is 13.0 Å². The maximum Gasteiger partial charge on any atom is 0.220 e. The molecule has 1 aliphatic rings. The summed E-state index contributed by atoms with van der Waals surface area (Å²) in [5.41, 5.74) is 2.29. The van der Waals surface area contributed by atoms with Crippen LogP contribution in [0.3, 0.4) is 0 Å². The second-order valence-corrected chi connectivity index (χ2v) is 6.42. The van der Waals surface area contributed by atoms with E-state index in [1.807, 2.05) is 0 Å². The van der Waals surface area contributed by atoms with Crippen molar-refractivity contribution in [3.8, 4) is 0 Å². The standard InChI is InChI=1S/C18H25N5O.2ClH/c24-18(6-5-15-7-9-19-10-8-15)21-11-16-1-3-17(4-2-16)12-23-14-20-13-22-23;;/h1-4,13-15,19H,5-12H2,(H,21,24);2*1H. The predicted molar refractivity (Wildman–Crippen MR) is 107 cm³/mol. The minimum Gasteiger partial charge on any atom is -0.352 e. The maximum absolute atomic E-state index is 12.0. The van der Waals surface area contributed by atoms with Crippen molar-refractivity contribution < 1.29 is 4.79 Å². The normalized spacial score (nSPS) is 14.2. The van der Waals surface area contributed by atoms with Crippen LogP contribution in [-0.4, -0.2) is 33.8 Å². The predicted octanol–water partition coefficient (Wildman–Crippen LogP) is 2.57. The largest absolute Gasteiger partial charge is 0.352 e. The summed E-state index contributed by atoms with van der Waals surface area (Å²) in [7, 11) is 0. The molecule has 1 amide bonds. The fourth-order valence-corrected chi connectivity index (χ4v) is 3.06. The molecule has 0 unspecified atom stereocenters. The highest BCUT2D eigenvalue weighted by molar-refractivity contribution is 5.85. The number of hydrogen-bond donors (Lipinski definition) is 2. The smallest absolute Gasteiger partial charge is 0.220 e. The van der Waals surface area contributed by atoms with E-state index in [1.54, 1.807) is 11.0 Å². The third-order valence-electron chi connectivity index (χ3n) is 4.56. The highest BCUT2D eigenvalue weighted by Crippen LogP contribution is 2.17. The highest BCUT2D eigenvalue weighted by Gasteiger charge is 2.14. The molecule has 3 rings (SSSR count). The molecule has 0 bridgehead atoms. The fraction of sp³-hybridized carbons (Fsp3) is 0.500. The minimum atomic E-state index is 0. The Kier molecular flexibility index (Phi) is 10.2. The number of nitrogens with zero attached hydrogens (tertiary/aromatic N) is 3. The van der Waals surface area contributed by atoms with Gasteiger partial charge >= 0.3 is 0 Å². The maximum atomic E-state index is 12.0. The summed E-state index contributed by atoms with van der Waals surface area (Å²) < 4.78 is 1.79. The van der Waals surface area contributed by atoms with E-state index in [1.165, 1.54) is 24.7 Å². The summed E-state index contributed by atoms with van der Waals surface area (Å²) in [6, 6.07) is 8.25. The Balaban J connectivity index is 0.00000169. The summed E-state index contributed by atoms with van der Waals surface area (Å²) in [4.78, 5) is 15.9. The summed E-state index contributed by atoms with van der Waals surface area (Å²) in [5, 5.41) is 10.5. The number of piperidine rings is 1. The van der Waals surface area contributed by atoms with Gasteiger partial charge in [-0.2, -0.15) is 5.10 Å². The first-order valence-corrected chi connectivity index (χ1v) is 8.67. The lowest BCUT2D eigenvalue weighted by molar-refractivity contribution is -0.121. The van der Waals surface area contributed by atoms with Gasteiger partial charge in [-0.25, -0.2) is 9.67 Å². The molecule has 26 heavy (non-hydrogen) atoms. The lowest BCUT2D eigenvalue weighted by Gasteiger charge is -2.22. The van der Waals surface area contributed by atoms with Crippen molar-refractivity contribution in [2.75, 3.05) is 13.1 Å². The average Bonchev–Trinajstić information content (AvgIpc) is 3.13. The lowest BCUT2D eigenvalue weighted by Crippen LogP contribution is -2.29. The first-order chi connectivity index (χ1) is 11.8. The van der Waals surface area contributed by atoms with Crippen LogP contribution in [0.25, 0.3) is 0 Å². The molecule has 2 heterocycles. The first-order valence-electron chi connectivity index (χ1n) is 8.67. The number of aromatic nitrogens is 3. The number of amides is 1. The number of carbonyl (C=O) groups excluding carboxylic acids is 1. The topological polar surface area (TPSA) is 71.8 Å². The van der Waals surface area contributed by atoms with Gasteiger partial charge in [0.15, 0.2) is 0 Å². The van der Waals surface area contributed by atoms with E-state index in [0.717, 1.165) is 25.1 Å². The second-order valence-electron chi connectivity index (χ2n) is 6.42. The Bertz CT molecular complexity index is 628. The average molecular weight is 400 g/mol. The van der Waals surface area contributed by atoms with Crippen molar-refractivity contribution in [2.45, 2.75) is 38.8 Å². The molecule has 1 aromatic carbocycles. The van der Waals surface area contributed by atoms with Crippen LogP contribution >= 0.6 is 24.8 Å². The van der Waals surface area contributed by atoms with Gasteiger partial charge in [0.25, 0.3) is 0 Å². The number of hydrogen-bond acceptors (Lipinski definition) is 4. The molecule has 8 heteroatoms. The van der Waals surface area contributed by atoms with Crippen LogP contribution in [0, 0.1) is 5.92 Å². The zero-order valence-corrected chi connectivity index (χ0v) is 16.4. The second kappa shape index (κ2) is 11.9. The van der Waals surface area contributed by atoms with Crippen LogP contribution in [0.5, 0.6) is 0 Å². The lowest BCUT2D eigenvalue weighted by atomic mass is 9.93. The molecule has 1 fully saturated rings. The third kappa shape index (κ3) is 7.32. The van der Waals surface area contributed by atoms with E-state index >= 15 is 0 Å². The van der Waals surface area contributed by atoms with Gasteiger partial charge in [0.05, 0.1) is 6.54 Å². The van der Waals surface area contributed by atoms with E-state index in [4.69, 9.17) is 0 Å². The molecule has 1 aromatic heterocycles. The Labute approximate surface area is 167 Å². The molecule has 0 saturated carbocycles.